The lowest BCUT2D eigenvalue weighted by Gasteiger charge is -2.04. The van der Waals surface area contributed by atoms with E-state index in [1.807, 2.05) is 0 Å². The molecule has 0 radical (unpaired) electrons. The number of nitrogens with zero attached hydrogens (tertiary/aromatic N) is 1. The third kappa shape index (κ3) is 5.70. The molecule has 0 spiro atoms. The van der Waals surface area contributed by atoms with Gasteiger partial charge in [-0.3, -0.25) is 9.59 Å². The first kappa shape index (κ1) is 13.2. The van der Waals surface area contributed by atoms with Gasteiger partial charge in [0.15, 0.2) is 0 Å². The summed E-state index contributed by atoms with van der Waals surface area (Å²) < 4.78 is 4.72. The van der Waals surface area contributed by atoms with Crippen LogP contribution in [0.25, 0.3) is 0 Å². The van der Waals surface area contributed by atoms with Crippen LogP contribution in [0.2, 0.25) is 0 Å². The zero-order valence-electron chi connectivity index (χ0n) is 9.86. The fraction of sp³-hybridized carbons (Fsp3) is 0.545. The van der Waals surface area contributed by atoms with Gasteiger partial charge in [-0.25, -0.2) is 4.98 Å². The Morgan fingerprint density at radius 2 is 2.29 bits per heavy atom. The van der Waals surface area contributed by atoms with Crippen molar-refractivity contribution >= 4 is 11.9 Å². The average Bonchev–Trinajstić information content (AvgIpc) is 2.80. The quantitative estimate of drug-likeness (QED) is 0.675. The molecule has 1 rings (SSSR count). The number of amides is 1. The molecule has 0 bridgehead atoms. The van der Waals surface area contributed by atoms with Crippen LogP contribution in [0.3, 0.4) is 0 Å². The zero-order valence-corrected chi connectivity index (χ0v) is 9.86. The van der Waals surface area contributed by atoms with E-state index < -0.39 is 0 Å². The van der Waals surface area contributed by atoms with E-state index >= 15 is 0 Å². The number of nitrogens with one attached hydrogen (secondary N) is 2. The number of carbonyl (C=O) groups excluding carboxylic acids is 2. The minimum atomic E-state index is -0.339. The van der Waals surface area contributed by atoms with Crippen LogP contribution in [-0.2, 0) is 20.7 Å². The molecule has 1 heterocycles. The minimum Gasteiger partial charge on any atom is -0.466 e. The van der Waals surface area contributed by atoms with Gasteiger partial charge in [0.2, 0.25) is 5.91 Å². The standard InChI is InChI=1S/C11H17N3O3/c1-2-17-11(16)4-3-10(15)14-6-5-9-12-7-8-13-9/h7-8H,2-6H2,1H3,(H,12,13)(H,14,15). The monoisotopic (exact) mass is 239 g/mol. The summed E-state index contributed by atoms with van der Waals surface area (Å²) in [7, 11) is 0. The maximum atomic E-state index is 11.3. The molecule has 1 aromatic heterocycles. The lowest BCUT2D eigenvalue weighted by atomic mass is 10.3. The van der Waals surface area contributed by atoms with Crippen molar-refractivity contribution in [2.45, 2.75) is 26.2 Å². The third-order valence-electron chi connectivity index (χ3n) is 2.10. The Balaban J connectivity index is 2.07. The Hall–Kier alpha value is -1.85. The Morgan fingerprint density at radius 1 is 1.47 bits per heavy atom. The summed E-state index contributed by atoms with van der Waals surface area (Å²) in [5, 5.41) is 2.71. The van der Waals surface area contributed by atoms with E-state index in [1.54, 1.807) is 19.3 Å². The van der Waals surface area contributed by atoms with Gasteiger partial charge in [-0.2, -0.15) is 0 Å². The van der Waals surface area contributed by atoms with Crippen molar-refractivity contribution in [2.24, 2.45) is 0 Å². The first-order valence-corrected chi connectivity index (χ1v) is 5.63. The molecule has 17 heavy (non-hydrogen) atoms. The number of imidazole rings is 1. The molecule has 0 saturated carbocycles. The van der Waals surface area contributed by atoms with Gasteiger partial charge < -0.3 is 15.0 Å². The largest absolute Gasteiger partial charge is 0.466 e. The summed E-state index contributed by atoms with van der Waals surface area (Å²) in [5.41, 5.74) is 0. The lowest BCUT2D eigenvalue weighted by Crippen LogP contribution is -2.26. The van der Waals surface area contributed by atoms with Crippen molar-refractivity contribution in [3.63, 3.8) is 0 Å². The first-order valence-electron chi connectivity index (χ1n) is 5.63. The summed E-state index contributed by atoms with van der Waals surface area (Å²) in [6, 6.07) is 0. The second kappa shape index (κ2) is 7.43. The van der Waals surface area contributed by atoms with Crippen LogP contribution in [0.4, 0.5) is 0 Å². The predicted molar refractivity (Wildman–Crippen MR) is 61.2 cm³/mol. The van der Waals surface area contributed by atoms with Crippen LogP contribution in [0.15, 0.2) is 12.4 Å². The molecule has 6 heteroatoms. The number of hydrogen-bond acceptors (Lipinski definition) is 4. The summed E-state index contributed by atoms with van der Waals surface area (Å²) in [6.07, 6.45) is 4.34. The average molecular weight is 239 g/mol. The number of H-pyrrole nitrogens is 1. The van der Waals surface area contributed by atoms with Gasteiger partial charge in [-0.15, -0.1) is 0 Å². The maximum Gasteiger partial charge on any atom is 0.306 e. The first-order chi connectivity index (χ1) is 8.22. The van der Waals surface area contributed by atoms with Gasteiger partial charge >= 0.3 is 5.97 Å². The summed E-state index contributed by atoms with van der Waals surface area (Å²) in [5.74, 6) is 0.342. The van der Waals surface area contributed by atoms with Gasteiger partial charge in [0, 0.05) is 31.8 Å². The van der Waals surface area contributed by atoms with Crippen LogP contribution in [0, 0.1) is 0 Å². The topological polar surface area (TPSA) is 84.1 Å². The number of hydrogen-bond donors (Lipinski definition) is 2. The molecule has 1 aromatic rings. The fourth-order valence-corrected chi connectivity index (χ4v) is 1.29. The van der Waals surface area contributed by atoms with Crippen molar-refractivity contribution < 1.29 is 14.3 Å². The Kier molecular flexibility index (Phi) is 5.77. The van der Waals surface area contributed by atoms with Crippen molar-refractivity contribution in [1.82, 2.24) is 15.3 Å². The molecule has 2 N–H and O–H groups in total. The Bertz CT molecular complexity index is 349. The van der Waals surface area contributed by atoms with Crippen LogP contribution in [0.1, 0.15) is 25.6 Å². The highest BCUT2D eigenvalue weighted by Gasteiger charge is 2.06. The zero-order chi connectivity index (χ0) is 12.5. The predicted octanol–water partition coefficient (Wildman–Crippen LogP) is 0.412. The molecule has 94 valence electrons. The van der Waals surface area contributed by atoms with Crippen LogP contribution in [-0.4, -0.2) is 35.0 Å². The second-order valence-corrected chi connectivity index (χ2v) is 3.44. The molecule has 0 unspecified atom stereocenters. The smallest absolute Gasteiger partial charge is 0.306 e. The van der Waals surface area contributed by atoms with Gasteiger partial charge in [-0.05, 0) is 6.92 Å². The Morgan fingerprint density at radius 3 is 2.94 bits per heavy atom. The van der Waals surface area contributed by atoms with Crippen molar-refractivity contribution in [1.29, 1.82) is 0 Å². The van der Waals surface area contributed by atoms with Gasteiger partial charge in [0.1, 0.15) is 5.82 Å². The van der Waals surface area contributed by atoms with Crippen LogP contribution < -0.4 is 5.32 Å². The molecule has 0 saturated heterocycles. The molecule has 0 aliphatic heterocycles. The minimum absolute atomic E-state index is 0.125. The van der Waals surface area contributed by atoms with E-state index in [9.17, 15) is 9.59 Å². The molecule has 0 aliphatic carbocycles. The van der Waals surface area contributed by atoms with E-state index in [0.717, 1.165) is 5.82 Å². The lowest BCUT2D eigenvalue weighted by molar-refractivity contribution is -0.144. The van der Waals surface area contributed by atoms with E-state index in [0.29, 0.717) is 19.6 Å². The van der Waals surface area contributed by atoms with Crippen molar-refractivity contribution in [3.05, 3.63) is 18.2 Å². The summed E-state index contributed by atoms with van der Waals surface area (Å²) >= 11 is 0. The van der Waals surface area contributed by atoms with Crippen LogP contribution >= 0.6 is 0 Å². The number of ether oxygens (including phenoxy) is 1. The van der Waals surface area contributed by atoms with Crippen molar-refractivity contribution in [3.8, 4) is 0 Å². The maximum absolute atomic E-state index is 11.3. The van der Waals surface area contributed by atoms with Gasteiger partial charge in [0.25, 0.3) is 0 Å². The molecular weight excluding hydrogens is 222 g/mol. The number of carbonyl (C=O) groups is 2. The van der Waals surface area contributed by atoms with E-state index in [2.05, 4.69) is 15.3 Å². The molecule has 6 nitrogen and oxygen atoms in total. The fourth-order valence-electron chi connectivity index (χ4n) is 1.29. The number of rotatable bonds is 7. The van der Waals surface area contributed by atoms with Gasteiger partial charge in [-0.1, -0.05) is 0 Å². The molecule has 0 aromatic carbocycles. The molecule has 0 aliphatic rings. The Labute approximate surface area is 99.8 Å². The highest BCUT2D eigenvalue weighted by molar-refractivity contribution is 5.81. The summed E-state index contributed by atoms with van der Waals surface area (Å²) in [6.45, 7) is 2.59. The van der Waals surface area contributed by atoms with Crippen molar-refractivity contribution in [2.75, 3.05) is 13.2 Å². The highest BCUT2D eigenvalue weighted by atomic mass is 16.5. The SMILES string of the molecule is CCOC(=O)CCC(=O)NCCc1ncc[nH]1. The number of esters is 1. The molecule has 0 fully saturated rings. The second-order valence-electron chi connectivity index (χ2n) is 3.44. The van der Waals surface area contributed by atoms with Gasteiger partial charge in [0.05, 0.1) is 13.0 Å². The number of aromatic nitrogens is 2. The molecule has 0 atom stereocenters. The van der Waals surface area contributed by atoms with E-state index in [1.165, 1.54) is 0 Å². The summed E-state index contributed by atoms with van der Waals surface area (Å²) in [4.78, 5) is 29.3. The number of aromatic amines is 1. The van der Waals surface area contributed by atoms with E-state index in [-0.39, 0.29) is 24.7 Å². The normalized spacial score (nSPS) is 9.94. The molecule has 1 amide bonds. The third-order valence-corrected chi connectivity index (χ3v) is 2.10. The van der Waals surface area contributed by atoms with Crippen LogP contribution in [0.5, 0.6) is 0 Å². The molecular formula is C11H17N3O3. The highest BCUT2D eigenvalue weighted by Crippen LogP contribution is 1.93. The van der Waals surface area contributed by atoms with E-state index in [4.69, 9.17) is 4.74 Å².